The number of carbonyl (C=O) groups is 1. The van der Waals surface area contributed by atoms with Crippen LogP contribution in [0.25, 0.3) is 28.1 Å². The Morgan fingerprint density at radius 1 is 0.897 bits per heavy atom. The summed E-state index contributed by atoms with van der Waals surface area (Å²) in [4.78, 5) is 13.4. The maximum Gasteiger partial charge on any atom is 0.202 e. The molecule has 4 rings (SSSR count). The van der Waals surface area contributed by atoms with Gasteiger partial charge in [0.1, 0.15) is 5.82 Å². The molecule has 0 unspecified atom stereocenters. The van der Waals surface area contributed by atoms with E-state index in [2.05, 4.69) is 18.4 Å². The first-order chi connectivity index (χ1) is 14.1. The number of benzene rings is 3. The van der Waals surface area contributed by atoms with E-state index in [1.807, 2.05) is 60.7 Å². The van der Waals surface area contributed by atoms with Crippen LogP contribution in [0.15, 0.2) is 84.9 Å². The average molecular weight is 383 g/mol. The molecule has 0 bridgehead atoms. The van der Waals surface area contributed by atoms with Gasteiger partial charge in [0.2, 0.25) is 5.78 Å². The van der Waals surface area contributed by atoms with Gasteiger partial charge < -0.3 is 4.57 Å². The van der Waals surface area contributed by atoms with Gasteiger partial charge in [0.25, 0.3) is 0 Å². The molecule has 0 fully saturated rings. The third kappa shape index (κ3) is 3.64. The molecule has 0 aliphatic rings. The fourth-order valence-electron chi connectivity index (χ4n) is 3.77. The van der Waals surface area contributed by atoms with Gasteiger partial charge in [-0.1, -0.05) is 66.7 Å². The SMILES string of the molecule is CC(C)n1c(C(=O)C=Cc2ccccc2)c(-c2ccc(F)cc2)c2ccccc21. The molecular weight excluding hydrogens is 361 g/mol. The minimum atomic E-state index is -0.293. The maximum atomic E-state index is 13.5. The van der Waals surface area contributed by atoms with Crippen LogP contribution in [0.3, 0.4) is 0 Å². The second-order valence-corrected chi connectivity index (χ2v) is 7.32. The standard InChI is InChI=1S/C26H22FNO/c1-18(2)28-23-11-7-6-10-22(23)25(20-13-15-21(27)16-14-20)26(28)24(29)17-12-19-8-4-3-5-9-19/h3-18H,1-2H3. The molecule has 0 radical (unpaired) electrons. The third-order valence-corrected chi connectivity index (χ3v) is 5.02. The zero-order valence-corrected chi connectivity index (χ0v) is 16.5. The highest BCUT2D eigenvalue weighted by Crippen LogP contribution is 2.37. The van der Waals surface area contributed by atoms with Crippen LogP contribution in [0.4, 0.5) is 4.39 Å². The van der Waals surface area contributed by atoms with E-state index in [0.29, 0.717) is 5.69 Å². The van der Waals surface area contributed by atoms with Crippen LogP contribution in [-0.2, 0) is 0 Å². The van der Waals surface area contributed by atoms with Gasteiger partial charge in [0, 0.05) is 22.5 Å². The zero-order valence-electron chi connectivity index (χ0n) is 16.5. The molecule has 3 aromatic carbocycles. The number of allylic oxidation sites excluding steroid dienone is 1. The van der Waals surface area contributed by atoms with Crippen LogP contribution in [0.5, 0.6) is 0 Å². The number of nitrogens with zero attached hydrogens (tertiary/aromatic N) is 1. The highest BCUT2D eigenvalue weighted by Gasteiger charge is 2.23. The Morgan fingerprint density at radius 2 is 1.55 bits per heavy atom. The summed E-state index contributed by atoms with van der Waals surface area (Å²) < 4.78 is 15.6. The summed E-state index contributed by atoms with van der Waals surface area (Å²) in [6.45, 7) is 4.14. The Hall–Kier alpha value is -3.46. The summed E-state index contributed by atoms with van der Waals surface area (Å²) in [6.07, 6.45) is 3.45. The van der Waals surface area contributed by atoms with Crippen LogP contribution >= 0.6 is 0 Å². The second kappa shape index (κ2) is 7.88. The van der Waals surface area contributed by atoms with Crippen molar-refractivity contribution >= 4 is 22.8 Å². The van der Waals surface area contributed by atoms with Crippen LogP contribution in [0, 0.1) is 5.82 Å². The van der Waals surface area contributed by atoms with Crippen LogP contribution < -0.4 is 0 Å². The van der Waals surface area contributed by atoms with Crippen molar-refractivity contribution in [1.29, 1.82) is 0 Å². The van der Waals surface area contributed by atoms with Crippen molar-refractivity contribution in [2.45, 2.75) is 19.9 Å². The highest BCUT2D eigenvalue weighted by molar-refractivity contribution is 6.16. The third-order valence-electron chi connectivity index (χ3n) is 5.02. The smallest absolute Gasteiger partial charge is 0.202 e. The van der Waals surface area contributed by atoms with E-state index in [1.165, 1.54) is 12.1 Å². The lowest BCUT2D eigenvalue weighted by Gasteiger charge is -2.14. The summed E-state index contributed by atoms with van der Waals surface area (Å²) in [7, 11) is 0. The maximum absolute atomic E-state index is 13.5. The summed E-state index contributed by atoms with van der Waals surface area (Å²) in [6, 6.07) is 24.2. The van der Waals surface area contributed by atoms with Crippen molar-refractivity contribution in [3.05, 3.63) is 102 Å². The average Bonchev–Trinajstić information content (AvgIpc) is 3.09. The van der Waals surface area contributed by atoms with Gasteiger partial charge in [-0.3, -0.25) is 4.79 Å². The molecule has 3 heteroatoms. The highest BCUT2D eigenvalue weighted by atomic mass is 19.1. The van der Waals surface area contributed by atoms with E-state index in [9.17, 15) is 9.18 Å². The zero-order chi connectivity index (χ0) is 20.4. The molecule has 0 aliphatic heterocycles. The number of aromatic nitrogens is 1. The van der Waals surface area contributed by atoms with Crippen molar-refractivity contribution in [2.24, 2.45) is 0 Å². The Morgan fingerprint density at radius 3 is 2.24 bits per heavy atom. The van der Waals surface area contributed by atoms with Gasteiger partial charge in [0.15, 0.2) is 0 Å². The molecule has 2 nitrogen and oxygen atoms in total. The number of para-hydroxylation sites is 1. The monoisotopic (exact) mass is 383 g/mol. The number of halogens is 1. The van der Waals surface area contributed by atoms with Crippen molar-refractivity contribution in [3.8, 4) is 11.1 Å². The van der Waals surface area contributed by atoms with Gasteiger partial charge in [-0.15, -0.1) is 0 Å². The molecular formula is C26H22FNO. The minimum absolute atomic E-state index is 0.0712. The van der Waals surface area contributed by atoms with E-state index in [-0.39, 0.29) is 17.6 Å². The van der Waals surface area contributed by atoms with Gasteiger partial charge >= 0.3 is 0 Å². The molecule has 0 saturated heterocycles. The van der Waals surface area contributed by atoms with Crippen LogP contribution in [0.2, 0.25) is 0 Å². The predicted octanol–water partition coefficient (Wildman–Crippen LogP) is 6.92. The lowest BCUT2D eigenvalue weighted by atomic mass is 9.99. The van der Waals surface area contributed by atoms with Crippen molar-refractivity contribution in [2.75, 3.05) is 0 Å². The van der Waals surface area contributed by atoms with E-state index >= 15 is 0 Å². The van der Waals surface area contributed by atoms with Gasteiger partial charge in [-0.2, -0.15) is 0 Å². The summed E-state index contributed by atoms with van der Waals surface area (Å²) in [5.74, 6) is -0.365. The fraction of sp³-hybridized carbons (Fsp3) is 0.115. The summed E-state index contributed by atoms with van der Waals surface area (Å²) in [5, 5.41) is 0.990. The fourth-order valence-corrected chi connectivity index (χ4v) is 3.77. The molecule has 0 N–H and O–H groups in total. The number of hydrogen-bond acceptors (Lipinski definition) is 1. The molecule has 1 heterocycles. The molecule has 0 spiro atoms. The van der Waals surface area contributed by atoms with Crippen molar-refractivity contribution < 1.29 is 9.18 Å². The molecule has 4 aromatic rings. The summed E-state index contributed by atoms with van der Waals surface area (Å²) >= 11 is 0. The number of hydrogen-bond donors (Lipinski definition) is 0. The Labute approximate surface area is 169 Å². The van der Waals surface area contributed by atoms with Gasteiger partial charge in [-0.05, 0) is 49.2 Å². The number of rotatable bonds is 5. The number of ketones is 1. The molecule has 1 aromatic heterocycles. The van der Waals surface area contributed by atoms with Gasteiger partial charge in [-0.25, -0.2) is 4.39 Å². The number of fused-ring (bicyclic) bond motifs is 1. The first kappa shape index (κ1) is 18.9. The van der Waals surface area contributed by atoms with Crippen molar-refractivity contribution in [3.63, 3.8) is 0 Å². The normalized spacial score (nSPS) is 11.6. The predicted molar refractivity (Wildman–Crippen MR) is 118 cm³/mol. The minimum Gasteiger partial charge on any atom is -0.335 e. The first-order valence-corrected chi connectivity index (χ1v) is 9.72. The van der Waals surface area contributed by atoms with Crippen LogP contribution in [-0.4, -0.2) is 10.4 Å². The Balaban J connectivity index is 1.94. The quantitative estimate of drug-likeness (QED) is 0.271. The lowest BCUT2D eigenvalue weighted by Crippen LogP contribution is -2.10. The molecule has 29 heavy (non-hydrogen) atoms. The van der Waals surface area contributed by atoms with Crippen LogP contribution in [0.1, 0.15) is 35.9 Å². The number of carbonyl (C=O) groups excluding carboxylic acids is 1. The second-order valence-electron chi connectivity index (χ2n) is 7.32. The molecule has 0 saturated carbocycles. The lowest BCUT2D eigenvalue weighted by molar-refractivity contribution is 0.103. The Bertz CT molecular complexity index is 1180. The first-order valence-electron chi connectivity index (χ1n) is 9.72. The largest absolute Gasteiger partial charge is 0.335 e. The topological polar surface area (TPSA) is 22.0 Å². The van der Waals surface area contributed by atoms with Gasteiger partial charge in [0.05, 0.1) is 5.69 Å². The van der Waals surface area contributed by atoms with Crippen molar-refractivity contribution in [1.82, 2.24) is 4.57 Å². The molecule has 0 atom stereocenters. The van der Waals surface area contributed by atoms with E-state index in [0.717, 1.165) is 27.6 Å². The van der Waals surface area contributed by atoms with E-state index in [1.54, 1.807) is 18.2 Å². The molecule has 0 aliphatic carbocycles. The molecule has 144 valence electrons. The molecule has 0 amide bonds. The van der Waals surface area contributed by atoms with E-state index in [4.69, 9.17) is 0 Å². The van der Waals surface area contributed by atoms with E-state index < -0.39 is 0 Å². The summed E-state index contributed by atoms with van der Waals surface area (Å²) in [5.41, 5.74) is 4.27. The Kier molecular flexibility index (Phi) is 5.13.